The van der Waals surface area contributed by atoms with Gasteiger partial charge in [0.15, 0.2) is 0 Å². The summed E-state index contributed by atoms with van der Waals surface area (Å²) in [5.74, 6) is 0.0696. The van der Waals surface area contributed by atoms with Crippen LogP contribution in [0.4, 0.5) is 0 Å². The second kappa shape index (κ2) is 1.97. The molecular weight excluding hydrogens is 122 g/mol. The van der Waals surface area contributed by atoms with Crippen molar-refractivity contribution in [1.29, 1.82) is 0 Å². The zero-order chi connectivity index (χ0) is 6.15. The number of carbonyl (C=O) groups excluding carboxylic acids is 1. The Balaban J connectivity index is 2.35. The molecule has 0 aliphatic carbocycles. The van der Waals surface area contributed by atoms with E-state index in [1.807, 2.05) is 6.92 Å². The number of nitrogens with one attached hydrogen (secondary N) is 1. The standard InChI is InChI=1S/C5H9NOS/c1-2-3-4(8)5(7)6-3/h3-4,8H,2H2,1H3,(H,6,7)/t3?,4-/m1/s1. The summed E-state index contributed by atoms with van der Waals surface area (Å²) in [6, 6.07) is 0.325. The lowest BCUT2D eigenvalue weighted by molar-refractivity contribution is -0.127. The Kier molecular flexibility index (Phi) is 1.47. The first-order chi connectivity index (χ1) is 3.75. The average molecular weight is 131 g/mol. The fourth-order valence-corrected chi connectivity index (χ4v) is 1.12. The fraction of sp³-hybridized carbons (Fsp3) is 0.800. The molecule has 2 nitrogen and oxygen atoms in total. The van der Waals surface area contributed by atoms with Crippen molar-refractivity contribution in [2.75, 3.05) is 0 Å². The van der Waals surface area contributed by atoms with Gasteiger partial charge in [0.25, 0.3) is 0 Å². The van der Waals surface area contributed by atoms with Crippen molar-refractivity contribution in [3.05, 3.63) is 0 Å². The van der Waals surface area contributed by atoms with Crippen LogP contribution in [0.1, 0.15) is 13.3 Å². The first-order valence-electron chi connectivity index (χ1n) is 2.74. The molecule has 0 radical (unpaired) electrons. The molecule has 46 valence electrons. The van der Waals surface area contributed by atoms with E-state index < -0.39 is 0 Å². The zero-order valence-corrected chi connectivity index (χ0v) is 5.61. The minimum atomic E-state index is -0.0417. The Bertz CT molecular complexity index is 115. The maximum Gasteiger partial charge on any atom is 0.235 e. The maximum absolute atomic E-state index is 10.4. The van der Waals surface area contributed by atoms with Gasteiger partial charge in [-0.2, -0.15) is 12.6 Å². The van der Waals surface area contributed by atoms with Gasteiger partial charge in [0.1, 0.15) is 5.25 Å². The molecule has 1 rings (SSSR count). The molecule has 0 aromatic heterocycles. The molecule has 1 aliphatic rings. The van der Waals surface area contributed by atoms with Crippen LogP contribution in [0, 0.1) is 0 Å². The summed E-state index contributed by atoms with van der Waals surface area (Å²) in [5, 5.41) is 2.69. The molecule has 0 bridgehead atoms. The van der Waals surface area contributed by atoms with Crippen LogP contribution in [0.2, 0.25) is 0 Å². The summed E-state index contributed by atoms with van der Waals surface area (Å²) in [7, 11) is 0. The third kappa shape index (κ3) is 0.708. The van der Waals surface area contributed by atoms with Crippen LogP contribution < -0.4 is 5.32 Å². The molecule has 3 heteroatoms. The van der Waals surface area contributed by atoms with Gasteiger partial charge in [-0.15, -0.1) is 0 Å². The van der Waals surface area contributed by atoms with E-state index >= 15 is 0 Å². The van der Waals surface area contributed by atoms with Gasteiger partial charge >= 0.3 is 0 Å². The minimum Gasteiger partial charge on any atom is -0.351 e. The van der Waals surface area contributed by atoms with E-state index in [4.69, 9.17) is 0 Å². The summed E-state index contributed by atoms with van der Waals surface area (Å²) >= 11 is 4.04. The van der Waals surface area contributed by atoms with Gasteiger partial charge in [0.2, 0.25) is 5.91 Å². The van der Waals surface area contributed by atoms with E-state index in [0.717, 1.165) is 6.42 Å². The maximum atomic E-state index is 10.4. The van der Waals surface area contributed by atoms with Gasteiger partial charge in [-0.25, -0.2) is 0 Å². The van der Waals surface area contributed by atoms with Crippen molar-refractivity contribution in [3.8, 4) is 0 Å². The third-order valence-corrected chi connectivity index (χ3v) is 2.01. The molecule has 2 atom stereocenters. The van der Waals surface area contributed by atoms with Gasteiger partial charge in [0, 0.05) is 6.04 Å². The highest BCUT2D eigenvalue weighted by Crippen LogP contribution is 2.14. The Morgan fingerprint density at radius 2 is 2.50 bits per heavy atom. The van der Waals surface area contributed by atoms with Gasteiger partial charge < -0.3 is 5.32 Å². The number of hydrogen-bond donors (Lipinski definition) is 2. The molecule has 1 fully saturated rings. The zero-order valence-electron chi connectivity index (χ0n) is 4.72. The van der Waals surface area contributed by atoms with Crippen LogP contribution in [0.3, 0.4) is 0 Å². The lowest BCUT2D eigenvalue weighted by Crippen LogP contribution is -2.59. The van der Waals surface area contributed by atoms with Crippen LogP contribution in [0.25, 0.3) is 0 Å². The van der Waals surface area contributed by atoms with Crippen molar-refractivity contribution < 1.29 is 4.79 Å². The molecule has 1 saturated heterocycles. The molecule has 1 amide bonds. The highest BCUT2D eigenvalue weighted by Gasteiger charge is 2.34. The fourth-order valence-electron chi connectivity index (χ4n) is 0.759. The topological polar surface area (TPSA) is 29.1 Å². The molecule has 0 aromatic carbocycles. The van der Waals surface area contributed by atoms with Crippen LogP contribution in [0.5, 0.6) is 0 Å². The number of hydrogen-bond acceptors (Lipinski definition) is 2. The van der Waals surface area contributed by atoms with Gasteiger partial charge in [-0.3, -0.25) is 4.79 Å². The summed E-state index contributed by atoms with van der Waals surface area (Å²) in [6.45, 7) is 2.04. The summed E-state index contributed by atoms with van der Waals surface area (Å²) in [4.78, 5) is 10.4. The molecule has 1 unspecified atom stereocenters. The number of amides is 1. The molecule has 0 saturated carbocycles. The van der Waals surface area contributed by atoms with E-state index in [9.17, 15) is 4.79 Å². The quantitative estimate of drug-likeness (QED) is 0.386. The highest BCUT2D eigenvalue weighted by atomic mass is 32.1. The third-order valence-electron chi connectivity index (χ3n) is 1.42. The van der Waals surface area contributed by atoms with Crippen LogP contribution >= 0.6 is 12.6 Å². The summed E-state index contributed by atoms with van der Waals surface area (Å²) in [6.07, 6.45) is 0.986. The first kappa shape index (κ1) is 5.95. The van der Waals surface area contributed by atoms with E-state index in [1.165, 1.54) is 0 Å². The Morgan fingerprint density at radius 3 is 2.62 bits per heavy atom. The largest absolute Gasteiger partial charge is 0.351 e. The lowest BCUT2D eigenvalue weighted by atomic mass is 10.0. The molecule has 0 spiro atoms. The van der Waals surface area contributed by atoms with E-state index in [-0.39, 0.29) is 11.2 Å². The number of carbonyl (C=O) groups is 1. The van der Waals surface area contributed by atoms with Crippen molar-refractivity contribution in [2.24, 2.45) is 0 Å². The summed E-state index contributed by atoms with van der Waals surface area (Å²) < 4.78 is 0. The van der Waals surface area contributed by atoms with Gasteiger partial charge in [-0.05, 0) is 6.42 Å². The molecule has 0 aromatic rings. The van der Waals surface area contributed by atoms with Crippen molar-refractivity contribution in [2.45, 2.75) is 24.6 Å². The van der Waals surface area contributed by atoms with E-state index in [0.29, 0.717) is 6.04 Å². The van der Waals surface area contributed by atoms with Crippen molar-refractivity contribution >= 4 is 18.5 Å². The molecule has 1 N–H and O–H groups in total. The van der Waals surface area contributed by atoms with E-state index in [1.54, 1.807) is 0 Å². The summed E-state index contributed by atoms with van der Waals surface area (Å²) in [5.41, 5.74) is 0. The number of thiol groups is 1. The smallest absolute Gasteiger partial charge is 0.235 e. The van der Waals surface area contributed by atoms with Gasteiger partial charge in [-0.1, -0.05) is 6.92 Å². The SMILES string of the molecule is CCC1NC(=O)[C@@H]1S. The van der Waals surface area contributed by atoms with Crippen LogP contribution in [0.15, 0.2) is 0 Å². The van der Waals surface area contributed by atoms with Crippen molar-refractivity contribution in [3.63, 3.8) is 0 Å². The highest BCUT2D eigenvalue weighted by molar-refractivity contribution is 7.82. The Morgan fingerprint density at radius 1 is 1.88 bits per heavy atom. The van der Waals surface area contributed by atoms with Crippen LogP contribution in [-0.4, -0.2) is 17.2 Å². The minimum absolute atomic E-state index is 0.0417. The predicted octanol–water partition coefficient (Wildman–Crippen LogP) is 0.193. The lowest BCUT2D eigenvalue weighted by Gasteiger charge is -2.32. The first-order valence-corrected chi connectivity index (χ1v) is 3.25. The molecule has 8 heavy (non-hydrogen) atoms. The van der Waals surface area contributed by atoms with Gasteiger partial charge in [0.05, 0.1) is 0 Å². The average Bonchev–Trinajstić information content (AvgIpc) is 1.81. The Labute approximate surface area is 54.1 Å². The van der Waals surface area contributed by atoms with Crippen LogP contribution in [-0.2, 0) is 4.79 Å². The molecule has 1 aliphatic heterocycles. The number of β-lactam (4-membered cyclic amide) rings is 1. The normalized spacial score (nSPS) is 36.0. The predicted molar refractivity (Wildman–Crippen MR) is 35.0 cm³/mol. The van der Waals surface area contributed by atoms with Crippen molar-refractivity contribution in [1.82, 2.24) is 5.32 Å². The monoisotopic (exact) mass is 131 g/mol. The van der Waals surface area contributed by atoms with E-state index in [2.05, 4.69) is 17.9 Å². The Hall–Kier alpha value is -0.180. The second-order valence-electron chi connectivity index (χ2n) is 1.97. The number of rotatable bonds is 1. The second-order valence-corrected chi connectivity index (χ2v) is 2.52. The molecule has 1 heterocycles. The molecular formula is C5H9NOS.